The molecule has 0 spiro atoms. The Balaban J connectivity index is 1.28. The van der Waals surface area contributed by atoms with E-state index >= 15 is 0 Å². The minimum absolute atomic E-state index is 0.0411. The Hall–Kier alpha value is -3.93. The SMILES string of the molecule is O=C(N[C@@H](Cc1ccccc1)c1nc2ccccc2[nH]1)C1CC(=O)N(CCc2ccccc2)C1. The summed E-state index contributed by atoms with van der Waals surface area (Å²) in [6.07, 6.45) is 1.65. The van der Waals surface area contributed by atoms with Crippen LogP contribution in [0.2, 0.25) is 0 Å². The number of hydrogen-bond acceptors (Lipinski definition) is 3. The zero-order chi connectivity index (χ0) is 23.3. The first-order chi connectivity index (χ1) is 16.7. The summed E-state index contributed by atoms with van der Waals surface area (Å²) >= 11 is 0. The minimum atomic E-state index is -0.356. The molecule has 4 aromatic rings. The van der Waals surface area contributed by atoms with Crippen LogP contribution in [-0.4, -0.2) is 39.8 Å². The molecule has 34 heavy (non-hydrogen) atoms. The van der Waals surface area contributed by atoms with Crippen LogP contribution in [0, 0.1) is 5.92 Å². The molecule has 0 bridgehead atoms. The molecule has 2 N–H and O–H groups in total. The molecule has 1 aliphatic heterocycles. The summed E-state index contributed by atoms with van der Waals surface area (Å²) in [5, 5.41) is 3.19. The van der Waals surface area contributed by atoms with E-state index in [1.54, 1.807) is 0 Å². The zero-order valence-electron chi connectivity index (χ0n) is 19.0. The second-order valence-electron chi connectivity index (χ2n) is 8.87. The van der Waals surface area contributed by atoms with E-state index in [-0.39, 0.29) is 30.2 Å². The largest absolute Gasteiger partial charge is 0.346 e. The van der Waals surface area contributed by atoms with Crippen molar-refractivity contribution in [2.24, 2.45) is 5.92 Å². The fraction of sp³-hybridized carbons (Fsp3) is 0.250. The van der Waals surface area contributed by atoms with E-state index in [1.807, 2.05) is 77.7 Å². The van der Waals surface area contributed by atoms with Gasteiger partial charge >= 0.3 is 0 Å². The predicted molar refractivity (Wildman–Crippen MR) is 132 cm³/mol. The van der Waals surface area contributed by atoms with Crippen molar-refractivity contribution in [1.82, 2.24) is 20.2 Å². The van der Waals surface area contributed by atoms with Crippen LogP contribution in [0.5, 0.6) is 0 Å². The van der Waals surface area contributed by atoms with Gasteiger partial charge in [-0.2, -0.15) is 0 Å². The molecule has 5 rings (SSSR count). The van der Waals surface area contributed by atoms with Crippen molar-refractivity contribution in [3.63, 3.8) is 0 Å². The molecule has 3 aromatic carbocycles. The van der Waals surface area contributed by atoms with Gasteiger partial charge in [0.15, 0.2) is 0 Å². The average Bonchev–Trinajstić information content (AvgIpc) is 3.47. The fourth-order valence-electron chi connectivity index (χ4n) is 4.57. The summed E-state index contributed by atoms with van der Waals surface area (Å²) in [5.74, 6) is 0.311. The van der Waals surface area contributed by atoms with Crippen molar-refractivity contribution in [2.75, 3.05) is 13.1 Å². The van der Waals surface area contributed by atoms with Gasteiger partial charge in [-0.15, -0.1) is 0 Å². The number of carbonyl (C=O) groups excluding carboxylic acids is 2. The van der Waals surface area contributed by atoms with E-state index in [9.17, 15) is 9.59 Å². The number of likely N-dealkylation sites (tertiary alicyclic amines) is 1. The summed E-state index contributed by atoms with van der Waals surface area (Å²) in [6.45, 7) is 1.08. The lowest BCUT2D eigenvalue weighted by Gasteiger charge is -2.20. The quantitative estimate of drug-likeness (QED) is 0.423. The van der Waals surface area contributed by atoms with Gasteiger partial charge in [-0.05, 0) is 36.1 Å². The third kappa shape index (κ3) is 5.01. The van der Waals surface area contributed by atoms with E-state index < -0.39 is 0 Å². The van der Waals surface area contributed by atoms with E-state index in [0.29, 0.717) is 19.5 Å². The molecule has 1 aromatic heterocycles. The van der Waals surface area contributed by atoms with Crippen LogP contribution < -0.4 is 5.32 Å². The number of rotatable bonds is 8. The molecule has 2 atom stereocenters. The summed E-state index contributed by atoms with van der Waals surface area (Å²) in [5.41, 5.74) is 4.11. The highest BCUT2D eigenvalue weighted by atomic mass is 16.2. The number of aromatic nitrogens is 2. The maximum Gasteiger partial charge on any atom is 0.226 e. The summed E-state index contributed by atoms with van der Waals surface area (Å²) in [7, 11) is 0. The molecule has 6 heteroatoms. The Morgan fingerprint density at radius 3 is 2.38 bits per heavy atom. The van der Waals surface area contributed by atoms with Crippen LogP contribution in [0.3, 0.4) is 0 Å². The maximum atomic E-state index is 13.3. The van der Waals surface area contributed by atoms with Crippen molar-refractivity contribution in [1.29, 1.82) is 0 Å². The third-order valence-electron chi connectivity index (χ3n) is 6.44. The maximum absolute atomic E-state index is 13.3. The summed E-state index contributed by atoms with van der Waals surface area (Å²) < 4.78 is 0. The van der Waals surface area contributed by atoms with Gasteiger partial charge in [-0.3, -0.25) is 9.59 Å². The second-order valence-corrected chi connectivity index (χ2v) is 8.87. The molecule has 1 saturated heterocycles. The number of carbonyl (C=O) groups is 2. The van der Waals surface area contributed by atoms with Crippen LogP contribution in [-0.2, 0) is 22.4 Å². The Morgan fingerprint density at radius 2 is 1.65 bits per heavy atom. The lowest BCUT2D eigenvalue weighted by atomic mass is 10.0. The highest BCUT2D eigenvalue weighted by molar-refractivity contribution is 5.89. The van der Waals surface area contributed by atoms with Crippen molar-refractivity contribution in [2.45, 2.75) is 25.3 Å². The van der Waals surface area contributed by atoms with Crippen LogP contribution in [0.4, 0.5) is 0 Å². The number of benzene rings is 3. The van der Waals surface area contributed by atoms with Crippen molar-refractivity contribution in [3.8, 4) is 0 Å². The van der Waals surface area contributed by atoms with Gasteiger partial charge in [0, 0.05) is 19.5 Å². The fourth-order valence-corrected chi connectivity index (χ4v) is 4.57. The van der Waals surface area contributed by atoms with Gasteiger partial charge in [0.2, 0.25) is 11.8 Å². The van der Waals surface area contributed by atoms with Crippen molar-refractivity contribution < 1.29 is 9.59 Å². The van der Waals surface area contributed by atoms with Crippen LogP contribution in [0.25, 0.3) is 11.0 Å². The van der Waals surface area contributed by atoms with Gasteiger partial charge in [-0.25, -0.2) is 4.98 Å². The number of H-pyrrole nitrogens is 1. The lowest BCUT2D eigenvalue weighted by Crippen LogP contribution is -2.37. The van der Waals surface area contributed by atoms with Crippen LogP contribution in [0.15, 0.2) is 84.9 Å². The van der Waals surface area contributed by atoms with E-state index in [1.165, 1.54) is 5.56 Å². The molecule has 0 aliphatic carbocycles. The molecular weight excluding hydrogens is 424 g/mol. The number of aromatic amines is 1. The monoisotopic (exact) mass is 452 g/mol. The molecule has 172 valence electrons. The predicted octanol–water partition coefficient (Wildman–Crippen LogP) is 4.05. The summed E-state index contributed by atoms with van der Waals surface area (Å²) in [6, 6.07) is 27.7. The Labute approximate surface area is 199 Å². The molecule has 2 heterocycles. The number of imidazole rings is 1. The first-order valence-corrected chi connectivity index (χ1v) is 11.8. The van der Waals surface area contributed by atoms with E-state index in [2.05, 4.69) is 22.4 Å². The smallest absolute Gasteiger partial charge is 0.226 e. The van der Waals surface area contributed by atoms with Gasteiger partial charge in [0.25, 0.3) is 0 Å². The second kappa shape index (κ2) is 9.91. The van der Waals surface area contributed by atoms with Crippen LogP contribution >= 0.6 is 0 Å². The molecular formula is C28H28N4O2. The number of para-hydroxylation sites is 2. The number of fused-ring (bicyclic) bond motifs is 1. The topological polar surface area (TPSA) is 78.1 Å². The van der Waals surface area contributed by atoms with Gasteiger partial charge in [0.05, 0.1) is 23.0 Å². The molecule has 1 aliphatic rings. The molecule has 0 radical (unpaired) electrons. The standard InChI is InChI=1S/C28H28N4O2/c33-26-18-22(19-32(26)16-15-20-9-3-1-4-10-20)28(34)31-25(17-21-11-5-2-6-12-21)27-29-23-13-7-8-14-24(23)30-27/h1-14,22,25H,15-19H2,(H,29,30)(H,31,34)/t22?,25-/m0/s1. The van der Waals surface area contributed by atoms with Crippen molar-refractivity contribution >= 4 is 22.8 Å². The first kappa shape index (κ1) is 21.9. The highest BCUT2D eigenvalue weighted by Gasteiger charge is 2.35. The molecule has 2 amide bonds. The van der Waals surface area contributed by atoms with Crippen molar-refractivity contribution in [3.05, 3.63) is 102 Å². The first-order valence-electron chi connectivity index (χ1n) is 11.8. The third-order valence-corrected chi connectivity index (χ3v) is 6.44. The van der Waals surface area contributed by atoms with E-state index in [4.69, 9.17) is 4.98 Å². The number of hydrogen-bond donors (Lipinski definition) is 2. The Kier molecular flexibility index (Phi) is 6.38. The molecule has 1 fully saturated rings. The molecule has 6 nitrogen and oxygen atoms in total. The Bertz CT molecular complexity index is 1240. The number of amides is 2. The minimum Gasteiger partial charge on any atom is -0.346 e. The normalized spacial score (nSPS) is 16.6. The van der Waals surface area contributed by atoms with Crippen LogP contribution in [0.1, 0.15) is 29.4 Å². The lowest BCUT2D eigenvalue weighted by molar-refractivity contribution is -0.129. The van der Waals surface area contributed by atoms with E-state index in [0.717, 1.165) is 28.8 Å². The van der Waals surface area contributed by atoms with Gasteiger partial charge in [0.1, 0.15) is 5.82 Å². The van der Waals surface area contributed by atoms with Gasteiger partial charge < -0.3 is 15.2 Å². The zero-order valence-corrected chi connectivity index (χ0v) is 19.0. The Morgan fingerprint density at radius 1 is 0.971 bits per heavy atom. The summed E-state index contributed by atoms with van der Waals surface area (Å²) in [4.78, 5) is 35.8. The number of nitrogens with zero attached hydrogens (tertiary/aromatic N) is 2. The molecule has 1 unspecified atom stereocenters. The highest BCUT2D eigenvalue weighted by Crippen LogP contribution is 2.23. The molecule has 0 saturated carbocycles. The average molecular weight is 453 g/mol. The number of nitrogens with one attached hydrogen (secondary N) is 2. The van der Waals surface area contributed by atoms with Gasteiger partial charge in [-0.1, -0.05) is 72.8 Å².